The molecule has 0 N–H and O–H groups in total. The minimum atomic E-state index is 0.659. The Morgan fingerprint density at radius 2 is 0.565 bits per heavy atom. The van der Waals surface area contributed by atoms with E-state index >= 15 is 0 Å². The molecule has 12 rings (SSSR count). The van der Waals surface area contributed by atoms with Gasteiger partial charge in [-0.3, -0.25) is 9.59 Å². The van der Waals surface area contributed by atoms with Crippen molar-refractivity contribution >= 4 is 95.1 Å². The first-order chi connectivity index (χ1) is 30.7. The fraction of sp³-hybridized carbons (Fsp3) is 0. The first-order valence-corrected chi connectivity index (χ1v) is 20.7. The largest absolute Gasteiger partial charge is 0.310 e. The van der Waals surface area contributed by atoms with Crippen LogP contribution in [0.4, 0.5) is 17.1 Å². The summed E-state index contributed by atoms with van der Waals surface area (Å²) in [5, 5.41) is 6.77. The third-order valence-electron chi connectivity index (χ3n) is 12.3. The number of aromatic nitrogens is 3. The van der Waals surface area contributed by atoms with Gasteiger partial charge in [0.25, 0.3) is 0 Å². The highest BCUT2D eigenvalue weighted by atomic mass is 16.1. The minimum absolute atomic E-state index is 0.659. The number of anilines is 3. The van der Waals surface area contributed by atoms with Gasteiger partial charge in [-0.05, 0) is 133 Å². The van der Waals surface area contributed by atoms with Crippen LogP contribution in [0.3, 0.4) is 0 Å². The average molecular weight is 797 g/mol. The number of carbonyl (C=O) groups is 2. The zero-order chi connectivity index (χ0) is 41.3. The quantitative estimate of drug-likeness (QED) is 0.144. The molecule has 62 heavy (non-hydrogen) atoms. The van der Waals surface area contributed by atoms with Crippen molar-refractivity contribution in [1.82, 2.24) is 13.7 Å². The van der Waals surface area contributed by atoms with Crippen molar-refractivity contribution in [3.63, 3.8) is 0 Å². The predicted octanol–water partition coefficient (Wildman–Crippen LogP) is 14.1. The van der Waals surface area contributed by atoms with Gasteiger partial charge in [-0.15, -0.1) is 0 Å². The van der Waals surface area contributed by atoms with Crippen LogP contribution in [0.25, 0.3) is 82.5 Å². The summed E-state index contributed by atoms with van der Waals surface area (Å²) in [7, 11) is 0. The lowest BCUT2D eigenvalue weighted by Crippen LogP contribution is -2.10. The van der Waals surface area contributed by atoms with Crippen molar-refractivity contribution in [2.45, 2.75) is 0 Å². The molecule has 0 fully saturated rings. The monoisotopic (exact) mass is 796 g/mol. The van der Waals surface area contributed by atoms with Crippen LogP contribution in [0.2, 0.25) is 0 Å². The molecule has 3 heterocycles. The Bertz CT molecular complexity index is 3500. The summed E-state index contributed by atoms with van der Waals surface area (Å²) >= 11 is 0. The van der Waals surface area contributed by atoms with Crippen LogP contribution in [-0.4, -0.2) is 26.3 Å². The highest BCUT2D eigenvalue weighted by molar-refractivity contribution is 6.12. The van der Waals surface area contributed by atoms with E-state index in [2.05, 4.69) is 176 Å². The SMILES string of the molecule is O=Cc1ccc2c(c1)c1ccccc1n2-c1ccc(N(c2ccc(-n3c4ccccc4c4ccccc43)cc2)c2ccc(-n3c4ccccc4c4cc(C=O)ccc43)cc2)cc1. The number of hydrogen-bond acceptors (Lipinski definition) is 3. The van der Waals surface area contributed by atoms with E-state index in [0.717, 1.165) is 90.3 Å². The third-order valence-corrected chi connectivity index (χ3v) is 12.3. The van der Waals surface area contributed by atoms with Gasteiger partial charge < -0.3 is 18.6 Å². The smallest absolute Gasteiger partial charge is 0.150 e. The number of nitrogens with zero attached hydrogens (tertiary/aromatic N) is 4. The molecule has 0 radical (unpaired) electrons. The van der Waals surface area contributed by atoms with E-state index in [1.807, 2.05) is 48.5 Å². The number of benzene rings is 9. The Hall–Kier alpha value is -8.48. The minimum Gasteiger partial charge on any atom is -0.310 e. The van der Waals surface area contributed by atoms with Crippen molar-refractivity contribution in [2.24, 2.45) is 0 Å². The maximum absolute atomic E-state index is 11.8. The van der Waals surface area contributed by atoms with Crippen LogP contribution in [0, 0.1) is 0 Å². The maximum Gasteiger partial charge on any atom is 0.150 e. The molecular formula is C56H36N4O2. The van der Waals surface area contributed by atoms with E-state index in [-0.39, 0.29) is 0 Å². The molecule has 12 aromatic rings. The second-order valence-electron chi connectivity index (χ2n) is 15.7. The van der Waals surface area contributed by atoms with Gasteiger partial charge >= 0.3 is 0 Å². The highest BCUT2D eigenvalue weighted by Crippen LogP contribution is 2.40. The van der Waals surface area contributed by atoms with Crippen molar-refractivity contribution in [3.8, 4) is 17.1 Å². The normalized spacial score (nSPS) is 11.7. The molecule has 9 aromatic carbocycles. The molecule has 0 atom stereocenters. The molecule has 0 aliphatic heterocycles. The maximum atomic E-state index is 11.8. The number of fused-ring (bicyclic) bond motifs is 9. The molecule has 0 unspecified atom stereocenters. The molecule has 0 spiro atoms. The zero-order valence-corrected chi connectivity index (χ0v) is 33.4. The van der Waals surface area contributed by atoms with Gasteiger partial charge in [-0.1, -0.05) is 72.8 Å². The lowest BCUT2D eigenvalue weighted by atomic mass is 10.1. The lowest BCUT2D eigenvalue weighted by molar-refractivity contribution is 0.111. The van der Waals surface area contributed by atoms with Crippen LogP contribution in [0.15, 0.2) is 206 Å². The van der Waals surface area contributed by atoms with Gasteiger partial charge in [0, 0.05) is 77.6 Å². The summed E-state index contributed by atoms with van der Waals surface area (Å²) in [5.74, 6) is 0. The van der Waals surface area contributed by atoms with Crippen LogP contribution in [0.5, 0.6) is 0 Å². The van der Waals surface area contributed by atoms with Crippen LogP contribution >= 0.6 is 0 Å². The molecule has 3 aromatic heterocycles. The van der Waals surface area contributed by atoms with E-state index in [1.165, 1.54) is 21.8 Å². The lowest BCUT2D eigenvalue weighted by Gasteiger charge is -2.26. The fourth-order valence-corrected chi connectivity index (χ4v) is 9.58. The number of para-hydroxylation sites is 4. The summed E-state index contributed by atoms with van der Waals surface area (Å²) in [6.45, 7) is 0. The van der Waals surface area contributed by atoms with Crippen LogP contribution in [0.1, 0.15) is 20.7 Å². The highest BCUT2D eigenvalue weighted by Gasteiger charge is 2.19. The van der Waals surface area contributed by atoms with Crippen molar-refractivity contribution in [2.75, 3.05) is 4.90 Å². The van der Waals surface area contributed by atoms with Gasteiger partial charge in [0.1, 0.15) is 12.6 Å². The van der Waals surface area contributed by atoms with Gasteiger partial charge in [0.15, 0.2) is 0 Å². The Morgan fingerprint density at radius 1 is 0.290 bits per heavy atom. The number of aldehydes is 2. The van der Waals surface area contributed by atoms with E-state index in [1.54, 1.807) is 0 Å². The fourth-order valence-electron chi connectivity index (χ4n) is 9.58. The Kier molecular flexibility index (Phi) is 8.05. The first kappa shape index (κ1) is 35.5. The second-order valence-corrected chi connectivity index (χ2v) is 15.7. The van der Waals surface area contributed by atoms with Gasteiger partial charge in [-0.2, -0.15) is 0 Å². The van der Waals surface area contributed by atoms with Crippen LogP contribution < -0.4 is 4.90 Å². The van der Waals surface area contributed by atoms with E-state index in [9.17, 15) is 9.59 Å². The second kappa shape index (κ2) is 14.1. The molecule has 0 amide bonds. The molecule has 0 bridgehead atoms. The summed E-state index contributed by atoms with van der Waals surface area (Å²) < 4.78 is 6.88. The summed E-state index contributed by atoms with van der Waals surface area (Å²) in [4.78, 5) is 25.8. The number of hydrogen-bond donors (Lipinski definition) is 0. The summed E-state index contributed by atoms with van der Waals surface area (Å²) in [5.41, 5.74) is 14.1. The van der Waals surface area contributed by atoms with Crippen LogP contribution in [-0.2, 0) is 0 Å². The topological polar surface area (TPSA) is 52.2 Å². The molecular weight excluding hydrogens is 761 g/mol. The molecule has 0 saturated heterocycles. The van der Waals surface area contributed by atoms with E-state index in [0.29, 0.717) is 11.1 Å². The van der Waals surface area contributed by atoms with Gasteiger partial charge in [0.05, 0.1) is 33.1 Å². The zero-order valence-electron chi connectivity index (χ0n) is 33.4. The molecule has 292 valence electrons. The van der Waals surface area contributed by atoms with Gasteiger partial charge in [0.2, 0.25) is 0 Å². The number of rotatable bonds is 8. The Balaban J connectivity index is 0.995. The third kappa shape index (κ3) is 5.44. The first-order valence-electron chi connectivity index (χ1n) is 20.7. The van der Waals surface area contributed by atoms with Crippen molar-refractivity contribution < 1.29 is 9.59 Å². The summed E-state index contributed by atoms with van der Waals surface area (Å²) in [6, 6.07) is 72.0. The van der Waals surface area contributed by atoms with Gasteiger partial charge in [-0.25, -0.2) is 0 Å². The molecule has 0 aliphatic rings. The van der Waals surface area contributed by atoms with E-state index in [4.69, 9.17) is 0 Å². The Morgan fingerprint density at radius 3 is 0.871 bits per heavy atom. The summed E-state index contributed by atoms with van der Waals surface area (Å²) in [6.07, 6.45) is 1.81. The van der Waals surface area contributed by atoms with Crippen molar-refractivity contribution in [3.05, 3.63) is 217 Å². The molecule has 6 nitrogen and oxygen atoms in total. The molecule has 0 saturated carbocycles. The van der Waals surface area contributed by atoms with E-state index < -0.39 is 0 Å². The average Bonchev–Trinajstić information content (AvgIpc) is 3.98. The number of carbonyl (C=O) groups excluding carboxylic acids is 2. The molecule has 0 aliphatic carbocycles. The Labute approximate surface area is 356 Å². The standard InChI is InChI=1S/C56H36N4O2/c61-35-37-17-31-55-49(33-37)47-11-3-7-15-53(47)59(55)43-27-21-40(22-28-43)57(39-19-25-42(26-20-39)58-51-13-5-1-9-45(51)46-10-2-6-14-52(46)58)41-23-29-44(30-24-41)60-54-16-8-4-12-48(54)50-34-38(36-62)18-32-56(50)60/h1-36H. The predicted molar refractivity (Wildman–Crippen MR) is 255 cm³/mol. The molecule has 6 heteroatoms. The van der Waals surface area contributed by atoms with Crippen molar-refractivity contribution in [1.29, 1.82) is 0 Å².